The zero-order valence-electron chi connectivity index (χ0n) is 14.3. The smallest absolute Gasteiger partial charge is 0.287 e. The summed E-state index contributed by atoms with van der Waals surface area (Å²) in [6.07, 6.45) is 3.12. The van der Waals surface area contributed by atoms with Crippen LogP contribution in [0.2, 0.25) is 0 Å². The first-order valence-electron chi connectivity index (χ1n) is 7.80. The van der Waals surface area contributed by atoms with E-state index >= 15 is 0 Å². The summed E-state index contributed by atoms with van der Waals surface area (Å²) in [5, 5.41) is 0.297. The molecule has 1 aromatic heterocycles. The van der Waals surface area contributed by atoms with E-state index < -0.39 is 0 Å². The highest BCUT2D eigenvalue weighted by Crippen LogP contribution is 2.29. The Morgan fingerprint density at radius 2 is 1.88 bits per heavy atom. The van der Waals surface area contributed by atoms with E-state index in [1.807, 2.05) is 0 Å². The average Bonchev–Trinajstić information content (AvgIpc) is 2.67. The lowest BCUT2D eigenvalue weighted by atomic mass is 10.2. The zero-order chi connectivity index (χ0) is 18.5. The van der Waals surface area contributed by atoms with E-state index in [1.165, 1.54) is 29.5 Å². The van der Waals surface area contributed by atoms with E-state index in [4.69, 9.17) is 9.47 Å². The minimum absolute atomic E-state index is 0.277. The number of thioether (sulfide) groups is 1. The number of hydrogen-bond donors (Lipinski definition) is 0. The minimum atomic E-state index is -0.295. The van der Waals surface area contributed by atoms with Crippen molar-refractivity contribution in [1.29, 1.82) is 0 Å². The second-order valence-corrected chi connectivity index (χ2v) is 6.29. The molecule has 0 N–H and O–H groups in total. The molecule has 2 aromatic carbocycles. The molecular weight excluding hydrogens is 355 g/mol. The molecule has 0 saturated heterocycles. The van der Waals surface area contributed by atoms with E-state index in [2.05, 4.69) is 4.98 Å². The van der Waals surface area contributed by atoms with Gasteiger partial charge in [0.25, 0.3) is 5.56 Å². The van der Waals surface area contributed by atoms with Gasteiger partial charge in [-0.3, -0.25) is 9.36 Å². The number of hydrogen-bond acceptors (Lipinski definition) is 5. The predicted octanol–water partition coefficient (Wildman–Crippen LogP) is 3.68. The number of aromatic nitrogens is 2. The van der Waals surface area contributed by atoms with E-state index in [9.17, 15) is 9.18 Å². The second kappa shape index (κ2) is 8.05. The molecule has 134 valence electrons. The van der Waals surface area contributed by atoms with Gasteiger partial charge in [0.05, 0.1) is 19.9 Å². The normalized spacial score (nSPS) is 10.6. The maximum Gasteiger partial charge on any atom is 0.287 e. The van der Waals surface area contributed by atoms with Crippen LogP contribution in [0.25, 0.3) is 5.69 Å². The number of benzene rings is 2. The van der Waals surface area contributed by atoms with Gasteiger partial charge in [-0.25, -0.2) is 9.37 Å². The van der Waals surface area contributed by atoms with E-state index in [1.54, 1.807) is 55.9 Å². The largest absolute Gasteiger partial charge is 0.493 e. The Hall–Kier alpha value is -2.80. The maximum absolute atomic E-state index is 13.7. The van der Waals surface area contributed by atoms with Crippen LogP contribution in [0, 0.1) is 5.82 Å². The summed E-state index contributed by atoms with van der Waals surface area (Å²) in [6, 6.07) is 11.7. The lowest BCUT2D eigenvalue weighted by Gasteiger charge is -2.11. The Labute approximate surface area is 154 Å². The van der Waals surface area contributed by atoms with Crippen LogP contribution in [-0.2, 0) is 5.75 Å². The predicted molar refractivity (Wildman–Crippen MR) is 98.9 cm³/mol. The Kier molecular flexibility index (Phi) is 5.58. The second-order valence-electron chi connectivity index (χ2n) is 5.33. The van der Waals surface area contributed by atoms with E-state index in [0.717, 1.165) is 0 Å². The molecule has 0 aliphatic carbocycles. The van der Waals surface area contributed by atoms with Gasteiger partial charge in [0.1, 0.15) is 5.82 Å². The summed E-state index contributed by atoms with van der Waals surface area (Å²) in [5.41, 5.74) is 0.879. The van der Waals surface area contributed by atoms with Crippen LogP contribution in [0.15, 0.2) is 64.7 Å². The lowest BCUT2D eigenvalue weighted by molar-refractivity contribution is 0.355. The summed E-state index contributed by atoms with van der Waals surface area (Å²) in [6.45, 7) is 0. The van der Waals surface area contributed by atoms with Crippen LogP contribution in [0.3, 0.4) is 0 Å². The van der Waals surface area contributed by atoms with Crippen molar-refractivity contribution in [3.63, 3.8) is 0 Å². The third kappa shape index (κ3) is 3.72. The molecule has 3 rings (SSSR count). The Bertz CT molecular complexity index is 975. The SMILES string of the molecule is COc1ccc(-n2ccnc(SCc3ccccc3F)c2=O)cc1OC. The highest BCUT2D eigenvalue weighted by atomic mass is 32.2. The van der Waals surface area contributed by atoms with Crippen LogP contribution in [0.1, 0.15) is 5.56 Å². The zero-order valence-corrected chi connectivity index (χ0v) is 15.1. The summed E-state index contributed by atoms with van der Waals surface area (Å²) < 4.78 is 25.7. The number of ether oxygens (including phenoxy) is 2. The van der Waals surface area contributed by atoms with Crippen molar-refractivity contribution in [3.05, 3.63) is 76.6 Å². The van der Waals surface area contributed by atoms with Gasteiger partial charge in [0.15, 0.2) is 16.5 Å². The number of halogens is 1. The molecule has 0 atom stereocenters. The van der Waals surface area contributed by atoms with Crippen LogP contribution in [-0.4, -0.2) is 23.8 Å². The molecule has 0 fully saturated rings. The molecule has 5 nitrogen and oxygen atoms in total. The van der Waals surface area contributed by atoms with Crippen molar-refractivity contribution in [3.8, 4) is 17.2 Å². The highest BCUT2D eigenvalue weighted by molar-refractivity contribution is 7.98. The van der Waals surface area contributed by atoms with Crippen molar-refractivity contribution in [2.45, 2.75) is 10.8 Å². The fraction of sp³-hybridized carbons (Fsp3) is 0.158. The van der Waals surface area contributed by atoms with Gasteiger partial charge in [-0.1, -0.05) is 30.0 Å². The van der Waals surface area contributed by atoms with Crippen LogP contribution in [0.5, 0.6) is 11.5 Å². The van der Waals surface area contributed by atoms with Gasteiger partial charge < -0.3 is 9.47 Å². The van der Waals surface area contributed by atoms with Gasteiger partial charge in [-0.15, -0.1) is 0 Å². The highest BCUT2D eigenvalue weighted by Gasteiger charge is 2.11. The number of nitrogens with zero attached hydrogens (tertiary/aromatic N) is 2. The minimum Gasteiger partial charge on any atom is -0.493 e. The van der Waals surface area contributed by atoms with Crippen LogP contribution in [0.4, 0.5) is 4.39 Å². The lowest BCUT2D eigenvalue weighted by Crippen LogP contribution is -2.20. The number of methoxy groups -OCH3 is 2. The van der Waals surface area contributed by atoms with Gasteiger partial charge in [-0.2, -0.15) is 0 Å². The molecule has 3 aromatic rings. The van der Waals surface area contributed by atoms with E-state index in [-0.39, 0.29) is 11.4 Å². The van der Waals surface area contributed by atoms with Gasteiger partial charge in [-0.05, 0) is 23.8 Å². The summed E-state index contributed by atoms with van der Waals surface area (Å²) in [7, 11) is 3.08. The van der Waals surface area contributed by atoms with Crippen molar-refractivity contribution >= 4 is 11.8 Å². The molecule has 0 spiro atoms. The Balaban J connectivity index is 1.90. The van der Waals surface area contributed by atoms with Crippen LogP contribution < -0.4 is 15.0 Å². The van der Waals surface area contributed by atoms with Gasteiger partial charge >= 0.3 is 0 Å². The van der Waals surface area contributed by atoms with Crippen LogP contribution >= 0.6 is 11.8 Å². The van der Waals surface area contributed by atoms with Crippen molar-refractivity contribution in [2.75, 3.05) is 14.2 Å². The van der Waals surface area contributed by atoms with Crippen molar-refractivity contribution in [1.82, 2.24) is 9.55 Å². The standard InChI is InChI=1S/C19H17FN2O3S/c1-24-16-8-7-14(11-17(16)25-2)22-10-9-21-18(19(22)23)26-12-13-5-3-4-6-15(13)20/h3-11H,12H2,1-2H3. The third-order valence-corrected chi connectivity index (χ3v) is 4.79. The Morgan fingerprint density at radius 1 is 1.12 bits per heavy atom. The Morgan fingerprint density at radius 3 is 2.62 bits per heavy atom. The third-order valence-electron chi connectivity index (χ3n) is 3.78. The topological polar surface area (TPSA) is 53.4 Å². The summed E-state index contributed by atoms with van der Waals surface area (Å²) in [5.74, 6) is 1.13. The molecule has 0 unspecified atom stereocenters. The van der Waals surface area contributed by atoms with E-state index in [0.29, 0.717) is 33.5 Å². The molecule has 1 heterocycles. The maximum atomic E-state index is 13.7. The number of rotatable bonds is 6. The fourth-order valence-electron chi connectivity index (χ4n) is 2.43. The quantitative estimate of drug-likeness (QED) is 0.618. The first kappa shape index (κ1) is 18.0. The molecule has 0 aliphatic heterocycles. The average molecular weight is 372 g/mol. The molecule has 0 radical (unpaired) electrons. The van der Waals surface area contributed by atoms with Crippen molar-refractivity contribution < 1.29 is 13.9 Å². The molecule has 0 saturated carbocycles. The van der Waals surface area contributed by atoms with Gasteiger partial charge in [0, 0.05) is 24.2 Å². The molecule has 26 heavy (non-hydrogen) atoms. The first-order chi connectivity index (χ1) is 12.6. The first-order valence-corrected chi connectivity index (χ1v) is 8.79. The van der Waals surface area contributed by atoms with Crippen molar-refractivity contribution in [2.24, 2.45) is 0 Å². The monoisotopic (exact) mass is 372 g/mol. The molecule has 0 aliphatic rings. The molecule has 0 bridgehead atoms. The van der Waals surface area contributed by atoms with Gasteiger partial charge in [0.2, 0.25) is 0 Å². The fourth-order valence-corrected chi connectivity index (χ4v) is 3.32. The molecule has 7 heteroatoms. The summed E-state index contributed by atoms with van der Waals surface area (Å²) in [4.78, 5) is 16.9. The molecule has 0 amide bonds. The molecular formula is C19H17FN2O3S. The summed E-state index contributed by atoms with van der Waals surface area (Å²) >= 11 is 1.20.